The van der Waals surface area contributed by atoms with Gasteiger partial charge in [0.1, 0.15) is 0 Å². The Morgan fingerprint density at radius 2 is 2.00 bits per heavy atom. The van der Waals surface area contributed by atoms with Gasteiger partial charge in [-0.25, -0.2) is 4.98 Å². The fourth-order valence-corrected chi connectivity index (χ4v) is 4.70. The summed E-state index contributed by atoms with van der Waals surface area (Å²) in [6.45, 7) is 6.63. The van der Waals surface area contributed by atoms with Crippen LogP contribution in [0.3, 0.4) is 0 Å². The first-order valence-corrected chi connectivity index (χ1v) is 11.0. The number of carbonyl (C=O) groups is 1. The number of tetrazole rings is 1. The van der Waals surface area contributed by atoms with Crippen LogP contribution in [-0.4, -0.2) is 43.4 Å². The summed E-state index contributed by atoms with van der Waals surface area (Å²) in [7, 11) is 0. The Bertz CT molecular complexity index is 1140. The molecule has 0 unspecified atom stereocenters. The zero-order valence-electron chi connectivity index (χ0n) is 16.4. The third-order valence-electron chi connectivity index (χ3n) is 4.63. The fraction of sp³-hybridized carbons (Fsp3) is 0.250. The van der Waals surface area contributed by atoms with Gasteiger partial charge in [0.15, 0.2) is 5.13 Å². The summed E-state index contributed by atoms with van der Waals surface area (Å²) >= 11 is 2.85. The van der Waals surface area contributed by atoms with E-state index >= 15 is 0 Å². The number of nitrogens with zero attached hydrogens (tertiary/aromatic N) is 6. The molecule has 9 heteroatoms. The maximum absolute atomic E-state index is 12.9. The number of anilines is 1. The van der Waals surface area contributed by atoms with Gasteiger partial charge in [-0.2, -0.15) is 4.68 Å². The number of thioether (sulfide) groups is 1. The molecule has 2 aromatic heterocycles. The number of thiazole rings is 1. The van der Waals surface area contributed by atoms with Gasteiger partial charge in [-0.05, 0) is 66.6 Å². The third-order valence-corrected chi connectivity index (χ3v) is 6.59. The highest BCUT2D eigenvalue weighted by atomic mass is 32.2. The van der Waals surface area contributed by atoms with Crippen molar-refractivity contribution in [3.8, 4) is 5.69 Å². The number of aromatic nitrogens is 5. The minimum Gasteiger partial charge on any atom is -0.288 e. The second-order valence-electron chi connectivity index (χ2n) is 6.53. The number of para-hydroxylation sites is 1. The summed E-state index contributed by atoms with van der Waals surface area (Å²) in [5.41, 5.74) is 4.16. The first-order valence-electron chi connectivity index (χ1n) is 9.21. The van der Waals surface area contributed by atoms with E-state index in [1.54, 1.807) is 9.58 Å². The lowest BCUT2D eigenvalue weighted by atomic mass is 10.1. The highest BCUT2D eigenvalue weighted by molar-refractivity contribution is 7.99. The standard InChI is InChI=1S/C20H20N6OS2/c1-4-25(19-21-16-7-5-6-8-17(16)29-19)18(27)12-28-20-22-23-24-26(20)15-10-9-13(2)14(3)11-15/h5-11H,4,12H2,1-3H3. The predicted octanol–water partition coefficient (Wildman–Crippen LogP) is 4.03. The molecule has 4 aromatic rings. The summed E-state index contributed by atoms with van der Waals surface area (Å²) in [4.78, 5) is 19.2. The van der Waals surface area contributed by atoms with Crippen LogP contribution in [0.4, 0.5) is 5.13 Å². The number of carbonyl (C=O) groups excluding carboxylic acids is 1. The fourth-order valence-electron chi connectivity index (χ4n) is 2.89. The first-order chi connectivity index (χ1) is 14.1. The van der Waals surface area contributed by atoms with Crippen LogP contribution < -0.4 is 4.90 Å². The number of hydrogen-bond donors (Lipinski definition) is 0. The van der Waals surface area contributed by atoms with Crippen molar-refractivity contribution in [2.45, 2.75) is 25.9 Å². The van der Waals surface area contributed by atoms with E-state index in [1.165, 1.54) is 28.7 Å². The lowest BCUT2D eigenvalue weighted by molar-refractivity contribution is -0.116. The highest BCUT2D eigenvalue weighted by Gasteiger charge is 2.20. The maximum atomic E-state index is 12.9. The molecule has 0 aliphatic carbocycles. The van der Waals surface area contributed by atoms with Crippen LogP contribution in [0.1, 0.15) is 18.1 Å². The molecule has 2 aromatic carbocycles. The molecule has 0 fully saturated rings. The van der Waals surface area contributed by atoms with Gasteiger partial charge >= 0.3 is 0 Å². The van der Waals surface area contributed by atoms with Crippen molar-refractivity contribution < 1.29 is 4.79 Å². The topological polar surface area (TPSA) is 76.8 Å². The Balaban J connectivity index is 1.50. The lowest BCUT2D eigenvalue weighted by Crippen LogP contribution is -2.32. The zero-order chi connectivity index (χ0) is 20.4. The molecule has 0 aliphatic rings. The minimum absolute atomic E-state index is 0.0220. The van der Waals surface area contributed by atoms with Crippen molar-refractivity contribution in [2.24, 2.45) is 0 Å². The van der Waals surface area contributed by atoms with Crippen LogP contribution in [0.5, 0.6) is 0 Å². The quantitative estimate of drug-likeness (QED) is 0.435. The van der Waals surface area contributed by atoms with Crippen LogP contribution in [0.2, 0.25) is 0 Å². The first kappa shape index (κ1) is 19.5. The molecule has 148 valence electrons. The number of rotatable bonds is 6. The van der Waals surface area contributed by atoms with E-state index in [4.69, 9.17) is 0 Å². The summed E-state index contributed by atoms with van der Waals surface area (Å²) in [6, 6.07) is 14.0. The van der Waals surface area contributed by atoms with Crippen molar-refractivity contribution >= 4 is 44.4 Å². The van der Waals surface area contributed by atoms with Crippen molar-refractivity contribution in [1.29, 1.82) is 0 Å². The second-order valence-corrected chi connectivity index (χ2v) is 8.48. The van der Waals surface area contributed by atoms with Crippen LogP contribution in [0, 0.1) is 13.8 Å². The molecular weight excluding hydrogens is 404 g/mol. The molecule has 0 bridgehead atoms. The number of benzene rings is 2. The Kier molecular flexibility index (Phi) is 5.59. The van der Waals surface area contributed by atoms with Crippen LogP contribution in [0.25, 0.3) is 15.9 Å². The summed E-state index contributed by atoms with van der Waals surface area (Å²) in [6.07, 6.45) is 0. The van der Waals surface area contributed by atoms with Gasteiger partial charge in [0.05, 0.1) is 21.7 Å². The molecule has 0 N–H and O–H groups in total. The average Bonchev–Trinajstić information content (AvgIpc) is 3.35. The van der Waals surface area contributed by atoms with Crippen molar-refractivity contribution in [1.82, 2.24) is 25.2 Å². The number of aryl methyl sites for hydroxylation is 2. The van der Waals surface area contributed by atoms with E-state index in [0.29, 0.717) is 16.8 Å². The van der Waals surface area contributed by atoms with Gasteiger partial charge < -0.3 is 0 Å². The molecule has 0 radical (unpaired) electrons. The Morgan fingerprint density at radius 1 is 1.17 bits per heavy atom. The molecule has 0 aliphatic heterocycles. The normalized spacial score (nSPS) is 11.1. The molecule has 1 amide bonds. The maximum Gasteiger partial charge on any atom is 0.239 e. The van der Waals surface area contributed by atoms with Gasteiger partial charge in [0.2, 0.25) is 11.1 Å². The van der Waals surface area contributed by atoms with Gasteiger partial charge in [0, 0.05) is 6.54 Å². The number of amides is 1. The van der Waals surface area contributed by atoms with Gasteiger partial charge in [-0.3, -0.25) is 9.69 Å². The molecule has 2 heterocycles. The minimum atomic E-state index is -0.0220. The SMILES string of the molecule is CCN(C(=O)CSc1nnnn1-c1ccc(C)c(C)c1)c1nc2ccccc2s1. The molecule has 0 saturated carbocycles. The molecule has 0 spiro atoms. The van der Waals surface area contributed by atoms with Crippen molar-refractivity contribution in [2.75, 3.05) is 17.2 Å². The largest absolute Gasteiger partial charge is 0.288 e. The van der Waals surface area contributed by atoms with E-state index in [9.17, 15) is 4.79 Å². The number of hydrogen-bond acceptors (Lipinski definition) is 7. The molecule has 4 rings (SSSR count). The van der Waals surface area contributed by atoms with E-state index < -0.39 is 0 Å². The van der Waals surface area contributed by atoms with E-state index in [1.807, 2.05) is 49.4 Å². The average molecular weight is 425 g/mol. The van der Waals surface area contributed by atoms with Gasteiger partial charge in [0.25, 0.3) is 0 Å². The third kappa shape index (κ3) is 4.01. The van der Waals surface area contributed by atoms with Crippen molar-refractivity contribution in [3.63, 3.8) is 0 Å². The van der Waals surface area contributed by atoms with Crippen molar-refractivity contribution in [3.05, 3.63) is 53.6 Å². The van der Waals surface area contributed by atoms with Crippen LogP contribution in [-0.2, 0) is 4.79 Å². The molecular formula is C20H20N6OS2. The Labute approximate surface area is 176 Å². The summed E-state index contributed by atoms with van der Waals surface area (Å²) < 4.78 is 2.73. The molecule has 7 nitrogen and oxygen atoms in total. The molecule has 0 atom stereocenters. The molecule has 29 heavy (non-hydrogen) atoms. The van der Waals surface area contributed by atoms with E-state index in [2.05, 4.69) is 34.4 Å². The predicted molar refractivity (Wildman–Crippen MR) is 117 cm³/mol. The number of fused-ring (bicyclic) bond motifs is 1. The van der Waals surface area contributed by atoms with Gasteiger partial charge in [-0.1, -0.05) is 41.3 Å². The lowest BCUT2D eigenvalue weighted by Gasteiger charge is -2.17. The van der Waals surface area contributed by atoms with Gasteiger partial charge in [-0.15, -0.1) is 5.10 Å². The second kappa shape index (κ2) is 8.30. The molecule has 0 saturated heterocycles. The van der Waals surface area contributed by atoms with E-state index in [-0.39, 0.29) is 11.7 Å². The van der Waals surface area contributed by atoms with Crippen LogP contribution in [0.15, 0.2) is 47.6 Å². The smallest absolute Gasteiger partial charge is 0.239 e. The monoisotopic (exact) mass is 424 g/mol. The zero-order valence-corrected chi connectivity index (χ0v) is 18.0. The highest BCUT2D eigenvalue weighted by Crippen LogP contribution is 2.29. The van der Waals surface area contributed by atoms with E-state index in [0.717, 1.165) is 21.5 Å². The van der Waals surface area contributed by atoms with Crippen LogP contribution >= 0.6 is 23.1 Å². The Hall–Kier alpha value is -2.78. The Morgan fingerprint density at radius 3 is 2.76 bits per heavy atom. The summed E-state index contributed by atoms with van der Waals surface area (Å²) in [5, 5.41) is 13.3. The summed E-state index contributed by atoms with van der Waals surface area (Å²) in [5.74, 6) is 0.209.